The van der Waals surface area contributed by atoms with Crippen molar-refractivity contribution in [2.75, 3.05) is 45.9 Å². The lowest BCUT2D eigenvalue weighted by molar-refractivity contribution is -0.142. The maximum absolute atomic E-state index is 13.9. The third-order valence-corrected chi connectivity index (χ3v) is 5.47. The van der Waals surface area contributed by atoms with Gasteiger partial charge in [-0.2, -0.15) is 0 Å². The van der Waals surface area contributed by atoms with Crippen molar-refractivity contribution in [1.29, 1.82) is 0 Å². The van der Waals surface area contributed by atoms with Gasteiger partial charge >= 0.3 is 0 Å². The van der Waals surface area contributed by atoms with E-state index in [1.807, 2.05) is 11.8 Å². The summed E-state index contributed by atoms with van der Waals surface area (Å²) in [5, 5.41) is 3.72. The number of guanidine groups is 1. The Balaban J connectivity index is 1.55. The highest BCUT2D eigenvalue weighted by Crippen LogP contribution is 2.19. The van der Waals surface area contributed by atoms with Crippen LogP contribution in [0.15, 0.2) is 23.2 Å². The van der Waals surface area contributed by atoms with Gasteiger partial charge in [-0.25, -0.2) is 4.39 Å². The van der Waals surface area contributed by atoms with E-state index in [1.165, 1.54) is 6.07 Å². The van der Waals surface area contributed by atoms with Gasteiger partial charge in [-0.3, -0.25) is 9.79 Å². The van der Waals surface area contributed by atoms with Crippen LogP contribution in [0.4, 0.5) is 4.39 Å². The number of benzene rings is 1. The minimum Gasteiger partial charge on any atom is -0.368 e. The second kappa shape index (κ2) is 10.1. The molecule has 0 aliphatic carbocycles. The number of nitrogens with one attached hydrogen (secondary N) is 1. The van der Waals surface area contributed by atoms with Gasteiger partial charge in [-0.05, 0) is 38.3 Å². The second-order valence-corrected chi connectivity index (χ2v) is 7.41. The molecule has 0 bridgehead atoms. The Morgan fingerprint density at radius 1 is 1.32 bits per heavy atom. The average Bonchev–Trinajstić information content (AvgIpc) is 3.24. The molecule has 0 saturated carbocycles. The van der Waals surface area contributed by atoms with Gasteiger partial charge in [-0.15, -0.1) is 0 Å². The summed E-state index contributed by atoms with van der Waals surface area (Å²) in [6.07, 6.45) is 1.96. The third-order valence-electron chi connectivity index (χ3n) is 5.12. The molecule has 0 aromatic heterocycles. The minimum absolute atomic E-state index is 0.105. The van der Waals surface area contributed by atoms with Crippen LogP contribution < -0.4 is 5.32 Å². The molecule has 8 heteroatoms. The highest BCUT2D eigenvalue weighted by atomic mass is 35.5. The van der Waals surface area contributed by atoms with Crippen LogP contribution >= 0.6 is 11.6 Å². The highest BCUT2D eigenvalue weighted by molar-refractivity contribution is 6.31. The Kier molecular flexibility index (Phi) is 7.50. The monoisotopic (exact) mass is 410 g/mol. The quantitative estimate of drug-likeness (QED) is 0.598. The SMILES string of the molecule is CCNC(=NCCc1c(F)cccc1Cl)N1CCN(C(=O)C2CCCO2)CC1. The Labute approximate surface area is 170 Å². The number of halogens is 2. The summed E-state index contributed by atoms with van der Waals surface area (Å²) in [5.74, 6) is 0.599. The number of ether oxygens (including phenoxy) is 1. The summed E-state index contributed by atoms with van der Waals surface area (Å²) in [4.78, 5) is 21.2. The molecular weight excluding hydrogens is 383 g/mol. The van der Waals surface area contributed by atoms with E-state index < -0.39 is 0 Å². The molecule has 2 aliphatic heterocycles. The van der Waals surface area contributed by atoms with Gasteiger partial charge in [0.1, 0.15) is 11.9 Å². The molecular formula is C20H28ClFN4O2. The van der Waals surface area contributed by atoms with Crippen molar-refractivity contribution < 1.29 is 13.9 Å². The van der Waals surface area contributed by atoms with Crippen molar-refractivity contribution >= 4 is 23.5 Å². The molecule has 1 atom stereocenters. The van der Waals surface area contributed by atoms with E-state index in [0.717, 1.165) is 25.3 Å². The second-order valence-electron chi connectivity index (χ2n) is 7.00. The van der Waals surface area contributed by atoms with E-state index in [4.69, 9.17) is 16.3 Å². The molecule has 1 unspecified atom stereocenters. The van der Waals surface area contributed by atoms with Gasteiger partial charge in [0.15, 0.2) is 5.96 Å². The average molecular weight is 411 g/mol. The topological polar surface area (TPSA) is 57.2 Å². The molecule has 0 radical (unpaired) electrons. The maximum Gasteiger partial charge on any atom is 0.251 e. The predicted molar refractivity (Wildman–Crippen MR) is 108 cm³/mol. The Hall–Kier alpha value is -1.86. The fourth-order valence-corrected chi connectivity index (χ4v) is 3.84. The first kappa shape index (κ1) is 20.9. The molecule has 3 rings (SSSR count). The lowest BCUT2D eigenvalue weighted by Gasteiger charge is -2.37. The van der Waals surface area contributed by atoms with E-state index in [9.17, 15) is 9.18 Å². The number of rotatable bonds is 5. The zero-order valence-corrected chi connectivity index (χ0v) is 17.1. The Bertz CT molecular complexity index is 681. The summed E-state index contributed by atoms with van der Waals surface area (Å²) in [6.45, 7) is 6.62. The molecule has 28 heavy (non-hydrogen) atoms. The molecule has 1 N–H and O–H groups in total. The minimum atomic E-state index is -0.297. The van der Waals surface area contributed by atoms with Crippen molar-refractivity contribution in [3.05, 3.63) is 34.6 Å². The molecule has 0 spiro atoms. The zero-order valence-electron chi connectivity index (χ0n) is 16.3. The Morgan fingerprint density at radius 2 is 2.07 bits per heavy atom. The van der Waals surface area contributed by atoms with E-state index in [0.29, 0.717) is 56.3 Å². The number of carbonyl (C=O) groups excluding carboxylic acids is 1. The zero-order chi connectivity index (χ0) is 19.9. The van der Waals surface area contributed by atoms with Gasteiger partial charge in [0.25, 0.3) is 5.91 Å². The number of aliphatic imine (C=N–C) groups is 1. The van der Waals surface area contributed by atoms with Crippen molar-refractivity contribution in [2.45, 2.75) is 32.3 Å². The fourth-order valence-electron chi connectivity index (χ4n) is 3.59. The maximum atomic E-state index is 13.9. The van der Waals surface area contributed by atoms with Gasteiger partial charge in [0.05, 0.1) is 0 Å². The molecule has 1 amide bonds. The van der Waals surface area contributed by atoms with Crippen LogP contribution in [0.3, 0.4) is 0 Å². The summed E-state index contributed by atoms with van der Waals surface area (Å²) in [5.41, 5.74) is 0.496. The largest absolute Gasteiger partial charge is 0.368 e. The van der Waals surface area contributed by atoms with E-state index in [2.05, 4.69) is 15.2 Å². The van der Waals surface area contributed by atoms with E-state index in [1.54, 1.807) is 12.1 Å². The third kappa shape index (κ3) is 5.14. The van der Waals surface area contributed by atoms with Gasteiger partial charge in [-0.1, -0.05) is 17.7 Å². The van der Waals surface area contributed by atoms with Crippen LogP contribution in [0.2, 0.25) is 5.02 Å². The summed E-state index contributed by atoms with van der Waals surface area (Å²) in [6, 6.07) is 4.71. The number of hydrogen-bond acceptors (Lipinski definition) is 3. The Morgan fingerprint density at radius 3 is 2.71 bits per heavy atom. The molecule has 154 valence electrons. The summed E-state index contributed by atoms with van der Waals surface area (Å²) in [7, 11) is 0. The van der Waals surface area contributed by atoms with Crippen LogP contribution in [0, 0.1) is 5.82 Å². The normalized spacial score (nSPS) is 20.5. The highest BCUT2D eigenvalue weighted by Gasteiger charge is 2.30. The van der Waals surface area contributed by atoms with E-state index >= 15 is 0 Å². The van der Waals surface area contributed by atoms with Crippen molar-refractivity contribution in [3.8, 4) is 0 Å². The predicted octanol–water partition coefficient (Wildman–Crippen LogP) is 2.31. The van der Waals surface area contributed by atoms with Crippen molar-refractivity contribution in [2.24, 2.45) is 4.99 Å². The molecule has 2 heterocycles. The smallest absolute Gasteiger partial charge is 0.251 e. The molecule has 1 aromatic carbocycles. The fraction of sp³-hybridized carbons (Fsp3) is 0.600. The van der Waals surface area contributed by atoms with Crippen LogP contribution in [0.5, 0.6) is 0 Å². The number of amides is 1. The number of hydrogen-bond donors (Lipinski definition) is 1. The molecule has 2 aliphatic rings. The molecule has 1 aromatic rings. The van der Waals surface area contributed by atoms with Gasteiger partial charge < -0.3 is 19.9 Å². The lowest BCUT2D eigenvalue weighted by atomic mass is 10.1. The summed E-state index contributed by atoms with van der Waals surface area (Å²) < 4.78 is 19.4. The van der Waals surface area contributed by atoms with Crippen LogP contribution in [0.1, 0.15) is 25.3 Å². The number of nitrogens with zero attached hydrogens (tertiary/aromatic N) is 3. The molecule has 6 nitrogen and oxygen atoms in total. The van der Waals surface area contributed by atoms with Crippen LogP contribution in [-0.4, -0.2) is 73.6 Å². The number of piperazine rings is 1. The molecule has 2 saturated heterocycles. The van der Waals surface area contributed by atoms with Crippen molar-refractivity contribution in [3.63, 3.8) is 0 Å². The van der Waals surface area contributed by atoms with Crippen LogP contribution in [-0.2, 0) is 16.0 Å². The van der Waals surface area contributed by atoms with E-state index in [-0.39, 0.29) is 17.8 Å². The summed E-state index contributed by atoms with van der Waals surface area (Å²) >= 11 is 6.09. The van der Waals surface area contributed by atoms with Gasteiger partial charge in [0.2, 0.25) is 0 Å². The van der Waals surface area contributed by atoms with Crippen molar-refractivity contribution in [1.82, 2.24) is 15.1 Å². The first-order chi connectivity index (χ1) is 13.6. The standard InChI is InChI=1S/C20H28ClFN4O2/c1-2-23-20(24-9-8-15-16(21)5-3-6-17(15)22)26-12-10-25(11-13-26)19(27)18-7-4-14-28-18/h3,5-6,18H,2,4,7-14H2,1H3,(H,23,24). The molecule has 2 fully saturated rings. The first-order valence-electron chi connectivity index (χ1n) is 9.96. The van der Waals surface area contributed by atoms with Crippen LogP contribution in [0.25, 0.3) is 0 Å². The first-order valence-corrected chi connectivity index (χ1v) is 10.3. The number of carbonyl (C=O) groups is 1. The lowest BCUT2D eigenvalue weighted by Crippen LogP contribution is -2.55. The van der Waals surface area contributed by atoms with Gasteiger partial charge in [0, 0.05) is 56.5 Å².